The number of nitrogens with one attached hydrogen (secondary N) is 1. The van der Waals surface area contributed by atoms with Gasteiger partial charge < -0.3 is 15.8 Å². The molecule has 116 valence electrons. The van der Waals surface area contributed by atoms with Gasteiger partial charge in [-0.1, -0.05) is 18.2 Å². The Hall–Kier alpha value is -1.26. The van der Waals surface area contributed by atoms with Gasteiger partial charge in [0, 0.05) is 12.5 Å². The SMILES string of the molecule is CC(N)C(=O)NC1CC2CC(C)(C1)Oc1ccccc12.Cl. The smallest absolute Gasteiger partial charge is 0.236 e. The van der Waals surface area contributed by atoms with Gasteiger partial charge in [0.15, 0.2) is 0 Å². The molecule has 0 spiro atoms. The fraction of sp³-hybridized carbons (Fsp3) is 0.562. The van der Waals surface area contributed by atoms with Crippen LogP contribution < -0.4 is 15.8 Å². The van der Waals surface area contributed by atoms with Crippen LogP contribution in [0.1, 0.15) is 44.6 Å². The van der Waals surface area contributed by atoms with Crippen LogP contribution in [0, 0.1) is 0 Å². The van der Waals surface area contributed by atoms with Crippen LogP contribution in [0.25, 0.3) is 0 Å². The summed E-state index contributed by atoms with van der Waals surface area (Å²) in [5, 5.41) is 3.06. The second-order valence-corrected chi connectivity index (χ2v) is 6.42. The number of nitrogens with two attached hydrogens (primary N) is 1. The van der Waals surface area contributed by atoms with E-state index in [1.54, 1.807) is 6.92 Å². The highest BCUT2D eigenvalue weighted by molar-refractivity contribution is 5.85. The number of benzene rings is 1. The molecule has 1 saturated carbocycles. The number of ether oxygens (including phenoxy) is 1. The second kappa shape index (κ2) is 5.85. The van der Waals surface area contributed by atoms with Crippen molar-refractivity contribution in [1.29, 1.82) is 0 Å². The van der Waals surface area contributed by atoms with E-state index in [0.717, 1.165) is 25.0 Å². The van der Waals surface area contributed by atoms with E-state index < -0.39 is 6.04 Å². The van der Waals surface area contributed by atoms with Crippen LogP contribution in [0.4, 0.5) is 0 Å². The molecule has 1 heterocycles. The molecule has 4 nitrogen and oxygen atoms in total. The minimum Gasteiger partial charge on any atom is -0.487 e. The van der Waals surface area contributed by atoms with Gasteiger partial charge in [0.05, 0.1) is 6.04 Å². The van der Waals surface area contributed by atoms with E-state index >= 15 is 0 Å². The molecule has 1 aromatic rings. The van der Waals surface area contributed by atoms with Crippen molar-refractivity contribution in [2.45, 2.75) is 56.7 Å². The standard InChI is InChI=1S/C16H22N2O2.ClH/c1-10(17)15(19)18-12-7-11-8-16(2,9-12)20-14-6-4-3-5-13(11)14;/h3-6,10-12H,7-9,17H2,1-2H3,(H,18,19);1H. The van der Waals surface area contributed by atoms with Crippen molar-refractivity contribution >= 4 is 18.3 Å². The normalized spacial score (nSPS) is 31.2. The number of carbonyl (C=O) groups is 1. The Bertz CT molecular complexity index is 535. The molecule has 0 saturated heterocycles. The molecule has 0 radical (unpaired) electrons. The molecule has 1 aromatic carbocycles. The largest absolute Gasteiger partial charge is 0.487 e. The van der Waals surface area contributed by atoms with E-state index in [2.05, 4.69) is 24.4 Å². The molecule has 4 unspecified atom stereocenters. The maximum atomic E-state index is 11.8. The third kappa shape index (κ3) is 3.16. The lowest BCUT2D eigenvalue weighted by atomic mass is 9.71. The molecule has 3 N–H and O–H groups in total. The predicted octanol–water partition coefficient (Wildman–Crippen LogP) is 2.36. The quantitative estimate of drug-likeness (QED) is 0.881. The molecule has 5 heteroatoms. The number of rotatable bonds is 2. The van der Waals surface area contributed by atoms with E-state index in [0.29, 0.717) is 5.92 Å². The van der Waals surface area contributed by atoms with Gasteiger partial charge in [-0.2, -0.15) is 0 Å². The zero-order valence-electron chi connectivity index (χ0n) is 12.5. The molecular formula is C16H23ClN2O2. The van der Waals surface area contributed by atoms with Crippen LogP contribution in [0.5, 0.6) is 5.75 Å². The zero-order valence-corrected chi connectivity index (χ0v) is 13.3. The Morgan fingerprint density at radius 3 is 2.86 bits per heavy atom. The van der Waals surface area contributed by atoms with Crippen LogP contribution in [0.3, 0.4) is 0 Å². The second-order valence-electron chi connectivity index (χ2n) is 6.42. The number of halogens is 1. The van der Waals surface area contributed by atoms with Gasteiger partial charge in [-0.3, -0.25) is 4.79 Å². The van der Waals surface area contributed by atoms with Gasteiger partial charge in [0.1, 0.15) is 11.4 Å². The fourth-order valence-corrected chi connectivity index (χ4v) is 3.57. The number of amides is 1. The summed E-state index contributed by atoms with van der Waals surface area (Å²) < 4.78 is 6.18. The number of para-hydroxylation sites is 1. The van der Waals surface area contributed by atoms with Crippen molar-refractivity contribution in [3.05, 3.63) is 29.8 Å². The van der Waals surface area contributed by atoms with Crippen molar-refractivity contribution in [3.8, 4) is 5.75 Å². The molecule has 1 amide bonds. The van der Waals surface area contributed by atoms with E-state index in [9.17, 15) is 4.79 Å². The van der Waals surface area contributed by atoms with Gasteiger partial charge in [-0.15, -0.1) is 12.4 Å². The van der Waals surface area contributed by atoms with Gasteiger partial charge in [0.25, 0.3) is 0 Å². The van der Waals surface area contributed by atoms with Crippen molar-refractivity contribution in [2.75, 3.05) is 0 Å². The molecule has 0 aromatic heterocycles. The van der Waals surface area contributed by atoms with Gasteiger partial charge in [0.2, 0.25) is 5.91 Å². The van der Waals surface area contributed by atoms with Crippen molar-refractivity contribution in [2.24, 2.45) is 5.73 Å². The summed E-state index contributed by atoms with van der Waals surface area (Å²) in [6.45, 7) is 3.85. The Kier molecular flexibility index (Phi) is 4.49. The predicted molar refractivity (Wildman–Crippen MR) is 84.9 cm³/mol. The number of carbonyl (C=O) groups excluding carboxylic acids is 1. The van der Waals surface area contributed by atoms with Crippen molar-refractivity contribution in [3.63, 3.8) is 0 Å². The highest BCUT2D eigenvalue weighted by atomic mass is 35.5. The lowest BCUT2D eigenvalue weighted by molar-refractivity contribution is -0.123. The summed E-state index contributed by atoms with van der Waals surface area (Å²) in [7, 11) is 0. The molecule has 1 fully saturated rings. The maximum absolute atomic E-state index is 11.8. The Morgan fingerprint density at radius 1 is 1.43 bits per heavy atom. The monoisotopic (exact) mass is 310 g/mol. The first-order chi connectivity index (χ1) is 9.47. The van der Waals surface area contributed by atoms with Gasteiger partial charge in [-0.25, -0.2) is 0 Å². The summed E-state index contributed by atoms with van der Waals surface area (Å²) >= 11 is 0. The van der Waals surface area contributed by atoms with Crippen LogP contribution >= 0.6 is 12.4 Å². The van der Waals surface area contributed by atoms with Crippen LogP contribution in [0.2, 0.25) is 0 Å². The fourth-order valence-electron chi connectivity index (χ4n) is 3.57. The van der Waals surface area contributed by atoms with E-state index in [4.69, 9.17) is 10.5 Å². The molecule has 2 aliphatic rings. The van der Waals surface area contributed by atoms with Crippen molar-refractivity contribution < 1.29 is 9.53 Å². The Balaban J connectivity index is 0.00000161. The highest BCUT2D eigenvalue weighted by Gasteiger charge is 2.44. The Morgan fingerprint density at radius 2 is 2.14 bits per heavy atom. The first kappa shape index (κ1) is 16.1. The zero-order chi connectivity index (χ0) is 14.3. The van der Waals surface area contributed by atoms with Gasteiger partial charge >= 0.3 is 0 Å². The molecule has 21 heavy (non-hydrogen) atoms. The lowest BCUT2D eigenvalue weighted by Gasteiger charge is -2.47. The molecule has 1 aliphatic carbocycles. The third-order valence-electron chi connectivity index (χ3n) is 4.40. The summed E-state index contributed by atoms with van der Waals surface area (Å²) in [6.07, 6.45) is 2.83. The van der Waals surface area contributed by atoms with E-state index in [1.807, 2.05) is 12.1 Å². The first-order valence-electron chi connectivity index (χ1n) is 7.31. The number of hydrogen-bond donors (Lipinski definition) is 2. The van der Waals surface area contributed by atoms with Crippen LogP contribution in [0.15, 0.2) is 24.3 Å². The summed E-state index contributed by atoms with van der Waals surface area (Å²) in [5.74, 6) is 1.38. The average molecular weight is 311 g/mol. The third-order valence-corrected chi connectivity index (χ3v) is 4.40. The topological polar surface area (TPSA) is 64.4 Å². The molecule has 4 atom stereocenters. The first-order valence-corrected chi connectivity index (χ1v) is 7.31. The molecular weight excluding hydrogens is 288 g/mol. The maximum Gasteiger partial charge on any atom is 0.236 e. The minimum atomic E-state index is -0.460. The number of hydrogen-bond acceptors (Lipinski definition) is 3. The molecule has 3 rings (SSSR count). The highest BCUT2D eigenvalue weighted by Crippen LogP contribution is 2.48. The lowest BCUT2D eigenvalue weighted by Crippen LogP contribution is -2.53. The van der Waals surface area contributed by atoms with E-state index in [-0.39, 0.29) is 30.0 Å². The molecule has 2 bridgehead atoms. The summed E-state index contributed by atoms with van der Waals surface area (Å²) in [5.41, 5.74) is 6.72. The summed E-state index contributed by atoms with van der Waals surface area (Å²) in [4.78, 5) is 11.8. The number of fused-ring (bicyclic) bond motifs is 4. The molecule has 1 aliphatic heterocycles. The van der Waals surface area contributed by atoms with Crippen LogP contribution in [-0.4, -0.2) is 23.6 Å². The van der Waals surface area contributed by atoms with Gasteiger partial charge in [-0.05, 0) is 44.2 Å². The van der Waals surface area contributed by atoms with Crippen molar-refractivity contribution in [1.82, 2.24) is 5.32 Å². The minimum absolute atomic E-state index is 0. The Labute approximate surface area is 131 Å². The average Bonchev–Trinajstić information content (AvgIpc) is 2.37. The summed E-state index contributed by atoms with van der Waals surface area (Å²) in [6, 6.07) is 7.92. The van der Waals surface area contributed by atoms with Crippen LogP contribution in [-0.2, 0) is 4.79 Å². The van der Waals surface area contributed by atoms with E-state index in [1.165, 1.54) is 5.56 Å².